The Bertz CT molecular complexity index is 622. The molecule has 2 aromatic rings. The second-order valence-corrected chi connectivity index (χ2v) is 7.08. The van der Waals surface area contributed by atoms with Crippen molar-refractivity contribution >= 4 is 11.6 Å². The van der Waals surface area contributed by atoms with Gasteiger partial charge in [-0.2, -0.15) is 0 Å². The molecule has 1 heterocycles. The quantitative estimate of drug-likeness (QED) is 0.826. The second kappa shape index (κ2) is 7.20. The number of rotatable bonds is 5. The molecule has 2 saturated carbocycles. The van der Waals surface area contributed by atoms with Crippen molar-refractivity contribution < 1.29 is 0 Å². The Morgan fingerprint density at radius 1 is 0.708 bits per heavy atom. The Morgan fingerprint density at radius 3 is 1.71 bits per heavy atom. The SMILES string of the molecule is c1ccc(-c2nc(NC3CCCC3)cc(NC3CCCC3)n2)cc1. The molecule has 1 aromatic carbocycles. The van der Waals surface area contributed by atoms with Crippen LogP contribution in [0.4, 0.5) is 11.6 Å². The summed E-state index contributed by atoms with van der Waals surface area (Å²) in [4.78, 5) is 9.56. The van der Waals surface area contributed by atoms with Crippen LogP contribution in [0.5, 0.6) is 0 Å². The van der Waals surface area contributed by atoms with Gasteiger partial charge >= 0.3 is 0 Å². The van der Waals surface area contributed by atoms with Gasteiger partial charge in [-0.1, -0.05) is 56.0 Å². The van der Waals surface area contributed by atoms with Gasteiger partial charge in [0.15, 0.2) is 5.82 Å². The van der Waals surface area contributed by atoms with Gasteiger partial charge in [0, 0.05) is 23.7 Å². The van der Waals surface area contributed by atoms with Crippen LogP contribution in [0, 0.1) is 0 Å². The zero-order valence-electron chi connectivity index (χ0n) is 14.2. The monoisotopic (exact) mass is 322 g/mol. The molecule has 24 heavy (non-hydrogen) atoms. The molecule has 0 aliphatic heterocycles. The Labute approximate surface area is 144 Å². The van der Waals surface area contributed by atoms with Gasteiger partial charge in [0.05, 0.1) is 0 Å². The van der Waals surface area contributed by atoms with E-state index in [0.717, 1.165) is 23.0 Å². The maximum Gasteiger partial charge on any atom is 0.163 e. The van der Waals surface area contributed by atoms with Crippen LogP contribution in [0.2, 0.25) is 0 Å². The van der Waals surface area contributed by atoms with E-state index in [4.69, 9.17) is 9.97 Å². The normalized spacial score (nSPS) is 18.8. The smallest absolute Gasteiger partial charge is 0.163 e. The van der Waals surface area contributed by atoms with E-state index in [-0.39, 0.29) is 0 Å². The highest BCUT2D eigenvalue weighted by molar-refractivity contribution is 5.61. The molecule has 0 radical (unpaired) electrons. The highest BCUT2D eigenvalue weighted by Gasteiger charge is 2.18. The number of nitrogens with zero attached hydrogens (tertiary/aromatic N) is 2. The first-order valence-corrected chi connectivity index (χ1v) is 9.34. The maximum atomic E-state index is 4.78. The van der Waals surface area contributed by atoms with Crippen molar-refractivity contribution in [2.75, 3.05) is 10.6 Å². The summed E-state index contributed by atoms with van der Waals surface area (Å²) in [5.41, 5.74) is 1.07. The van der Waals surface area contributed by atoms with E-state index >= 15 is 0 Å². The topological polar surface area (TPSA) is 49.8 Å². The third-order valence-corrected chi connectivity index (χ3v) is 5.17. The van der Waals surface area contributed by atoms with Crippen molar-refractivity contribution in [2.24, 2.45) is 0 Å². The summed E-state index contributed by atoms with van der Waals surface area (Å²) in [5, 5.41) is 7.25. The van der Waals surface area contributed by atoms with Gasteiger partial charge in [-0.3, -0.25) is 0 Å². The van der Waals surface area contributed by atoms with Crippen LogP contribution in [0.15, 0.2) is 36.4 Å². The van der Waals surface area contributed by atoms with Gasteiger partial charge in [-0.25, -0.2) is 9.97 Å². The summed E-state index contributed by atoms with van der Waals surface area (Å²) >= 11 is 0. The van der Waals surface area contributed by atoms with Gasteiger partial charge in [0.1, 0.15) is 11.6 Å². The van der Waals surface area contributed by atoms with Crippen molar-refractivity contribution in [3.05, 3.63) is 36.4 Å². The van der Waals surface area contributed by atoms with Crippen LogP contribution in [0.1, 0.15) is 51.4 Å². The molecule has 2 N–H and O–H groups in total. The van der Waals surface area contributed by atoms with E-state index in [2.05, 4.69) is 28.8 Å². The predicted octanol–water partition coefficient (Wildman–Crippen LogP) is 4.85. The van der Waals surface area contributed by atoms with E-state index in [9.17, 15) is 0 Å². The minimum Gasteiger partial charge on any atom is -0.367 e. The molecule has 2 aliphatic rings. The van der Waals surface area contributed by atoms with E-state index in [1.54, 1.807) is 0 Å². The maximum absolute atomic E-state index is 4.78. The Kier molecular flexibility index (Phi) is 4.63. The lowest BCUT2D eigenvalue weighted by Gasteiger charge is -2.17. The summed E-state index contributed by atoms with van der Waals surface area (Å²) < 4.78 is 0. The third-order valence-electron chi connectivity index (χ3n) is 5.17. The third kappa shape index (κ3) is 3.69. The van der Waals surface area contributed by atoms with Crippen molar-refractivity contribution in [3.63, 3.8) is 0 Å². The molecule has 0 bridgehead atoms. The predicted molar refractivity (Wildman–Crippen MR) is 99.2 cm³/mol. The first-order chi connectivity index (χ1) is 11.9. The van der Waals surface area contributed by atoms with Gasteiger partial charge in [-0.15, -0.1) is 0 Å². The average molecular weight is 322 g/mol. The molecule has 126 valence electrons. The van der Waals surface area contributed by atoms with E-state index < -0.39 is 0 Å². The van der Waals surface area contributed by atoms with Gasteiger partial charge in [0.2, 0.25) is 0 Å². The van der Waals surface area contributed by atoms with E-state index in [1.165, 1.54) is 51.4 Å². The number of anilines is 2. The fraction of sp³-hybridized carbons (Fsp3) is 0.500. The minimum absolute atomic E-state index is 0.558. The fourth-order valence-corrected chi connectivity index (χ4v) is 3.87. The minimum atomic E-state index is 0.558. The Balaban J connectivity index is 1.61. The van der Waals surface area contributed by atoms with Crippen LogP contribution in [0.3, 0.4) is 0 Å². The van der Waals surface area contributed by atoms with Crippen LogP contribution >= 0.6 is 0 Å². The number of benzene rings is 1. The summed E-state index contributed by atoms with van der Waals surface area (Å²) in [7, 11) is 0. The summed E-state index contributed by atoms with van der Waals surface area (Å²) in [5.74, 6) is 2.71. The molecule has 2 fully saturated rings. The zero-order chi connectivity index (χ0) is 16.2. The summed E-state index contributed by atoms with van der Waals surface area (Å²) in [6.45, 7) is 0. The molecule has 0 atom stereocenters. The molecule has 0 unspecified atom stereocenters. The highest BCUT2D eigenvalue weighted by atomic mass is 15.1. The first-order valence-electron chi connectivity index (χ1n) is 9.34. The molecule has 0 spiro atoms. The van der Waals surface area contributed by atoms with Crippen molar-refractivity contribution in [2.45, 2.75) is 63.5 Å². The van der Waals surface area contributed by atoms with Crippen molar-refractivity contribution in [3.8, 4) is 11.4 Å². The van der Waals surface area contributed by atoms with Crippen LogP contribution in [0.25, 0.3) is 11.4 Å². The zero-order valence-corrected chi connectivity index (χ0v) is 14.2. The fourth-order valence-electron chi connectivity index (χ4n) is 3.87. The average Bonchev–Trinajstić information content (AvgIpc) is 3.30. The second-order valence-electron chi connectivity index (χ2n) is 7.08. The molecule has 4 nitrogen and oxygen atoms in total. The molecule has 0 amide bonds. The van der Waals surface area contributed by atoms with Gasteiger partial charge in [0.25, 0.3) is 0 Å². The van der Waals surface area contributed by atoms with Crippen molar-refractivity contribution in [1.82, 2.24) is 9.97 Å². The molecule has 1 aromatic heterocycles. The summed E-state index contributed by atoms with van der Waals surface area (Å²) in [6.07, 6.45) is 10.3. The lowest BCUT2D eigenvalue weighted by atomic mass is 10.2. The lowest BCUT2D eigenvalue weighted by Crippen LogP contribution is -2.19. The molecule has 0 saturated heterocycles. The number of hydrogen-bond donors (Lipinski definition) is 2. The first kappa shape index (κ1) is 15.4. The Morgan fingerprint density at radius 2 is 1.21 bits per heavy atom. The number of hydrogen-bond acceptors (Lipinski definition) is 4. The number of nitrogens with one attached hydrogen (secondary N) is 2. The van der Waals surface area contributed by atoms with E-state index in [0.29, 0.717) is 12.1 Å². The Hall–Kier alpha value is -2.10. The molecular formula is C20H26N4. The molecule has 4 heteroatoms. The van der Waals surface area contributed by atoms with Crippen LogP contribution in [-0.2, 0) is 0 Å². The van der Waals surface area contributed by atoms with Gasteiger partial charge < -0.3 is 10.6 Å². The number of aromatic nitrogens is 2. The lowest BCUT2D eigenvalue weighted by molar-refractivity contribution is 0.743. The summed E-state index contributed by atoms with van der Waals surface area (Å²) in [6, 6.07) is 13.5. The van der Waals surface area contributed by atoms with Crippen LogP contribution < -0.4 is 10.6 Å². The largest absolute Gasteiger partial charge is 0.367 e. The molecule has 4 rings (SSSR count). The van der Waals surface area contributed by atoms with Crippen LogP contribution in [-0.4, -0.2) is 22.1 Å². The molecular weight excluding hydrogens is 296 g/mol. The standard InChI is InChI=1S/C20H26N4/c1-2-8-15(9-3-1)20-23-18(21-16-10-4-5-11-16)14-19(24-20)22-17-12-6-7-13-17/h1-3,8-9,14,16-17H,4-7,10-13H2,(H2,21,22,23,24). The van der Waals surface area contributed by atoms with Gasteiger partial charge in [-0.05, 0) is 25.7 Å². The highest BCUT2D eigenvalue weighted by Crippen LogP contribution is 2.27. The molecule has 2 aliphatic carbocycles. The van der Waals surface area contributed by atoms with E-state index in [1.807, 2.05) is 18.2 Å². The van der Waals surface area contributed by atoms with Crippen molar-refractivity contribution in [1.29, 1.82) is 0 Å².